The second-order valence-electron chi connectivity index (χ2n) is 4.33. The maximum absolute atomic E-state index is 13.9. The van der Waals surface area contributed by atoms with Gasteiger partial charge in [0, 0.05) is 25.2 Å². The van der Waals surface area contributed by atoms with Gasteiger partial charge in [0.25, 0.3) is 5.91 Å². The third-order valence-electron chi connectivity index (χ3n) is 2.65. The highest BCUT2D eigenvalue weighted by atomic mass is 19.1. The van der Waals surface area contributed by atoms with Crippen LogP contribution in [0.15, 0.2) is 30.6 Å². The fourth-order valence-corrected chi connectivity index (χ4v) is 1.68. The van der Waals surface area contributed by atoms with Gasteiger partial charge in [-0.15, -0.1) is 0 Å². The molecule has 2 rings (SSSR count). The normalized spacial score (nSPS) is 9.86. The van der Waals surface area contributed by atoms with E-state index >= 15 is 0 Å². The fraction of sp³-hybridized carbons (Fsp3) is 0.200. The van der Waals surface area contributed by atoms with E-state index in [2.05, 4.69) is 22.3 Å². The van der Waals surface area contributed by atoms with Crippen molar-refractivity contribution in [2.45, 2.75) is 6.42 Å². The minimum Gasteiger partial charge on any atom is -0.395 e. The lowest BCUT2D eigenvalue weighted by atomic mass is 10.1. The molecule has 21 heavy (non-hydrogen) atoms. The molecule has 0 fully saturated rings. The Kier molecular flexibility index (Phi) is 4.69. The summed E-state index contributed by atoms with van der Waals surface area (Å²) < 4.78 is 15.5. The standard InChI is InChI=1S/C15H14FN3O2/c1-19-10-12(9-17-19)18-15(21)13-6-5-11(8-14(13)16)4-2-3-7-20/h5-6,8-10,20H,3,7H2,1H3,(H,18,21). The van der Waals surface area contributed by atoms with Gasteiger partial charge in [0.2, 0.25) is 0 Å². The number of rotatable bonds is 3. The number of nitrogens with one attached hydrogen (secondary N) is 1. The van der Waals surface area contributed by atoms with Gasteiger partial charge in [0.15, 0.2) is 0 Å². The Morgan fingerprint density at radius 2 is 2.33 bits per heavy atom. The molecule has 0 atom stereocenters. The van der Waals surface area contributed by atoms with Crippen LogP contribution in [0.3, 0.4) is 0 Å². The number of carbonyl (C=O) groups excluding carboxylic acids is 1. The third kappa shape index (κ3) is 3.91. The Bertz CT molecular complexity index is 713. The number of aryl methyl sites for hydroxylation is 1. The molecule has 1 amide bonds. The van der Waals surface area contributed by atoms with Gasteiger partial charge in [-0.2, -0.15) is 5.10 Å². The number of nitrogens with zero attached hydrogens (tertiary/aromatic N) is 2. The summed E-state index contributed by atoms with van der Waals surface area (Å²) in [5.41, 5.74) is 0.888. The molecule has 2 N–H and O–H groups in total. The fourth-order valence-electron chi connectivity index (χ4n) is 1.68. The predicted octanol–water partition coefficient (Wildman–Crippen LogP) is 1.55. The van der Waals surface area contributed by atoms with Crippen molar-refractivity contribution < 1.29 is 14.3 Å². The van der Waals surface area contributed by atoms with Gasteiger partial charge < -0.3 is 10.4 Å². The largest absolute Gasteiger partial charge is 0.395 e. The van der Waals surface area contributed by atoms with Crippen LogP contribution in [-0.4, -0.2) is 27.4 Å². The summed E-state index contributed by atoms with van der Waals surface area (Å²) >= 11 is 0. The van der Waals surface area contributed by atoms with Crippen LogP contribution in [-0.2, 0) is 7.05 Å². The van der Waals surface area contributed by atoms with Crippen molar-refractivity contribution in [2.75, 3.05) is 11.9 Å². The molecule has 5 nitrogen and oxygen atoms in total. The summed E-state index contributed by atoms with van der Waals surface area (Å²) in [6, 6.07) is 4.14. The van der Waals surface area contributed by atoms with Crippen LogP contribution in [0.1, 0.15) is 22.3 Å². The predicted molar refractivity (Wildman–Crippen MR) is 76.1 cm³/mol. The first-order valence-corrected chi connectivity index (χ1v) is 6.29. The highest BCUT2D eigenvalue weighted by Gasteiger charge is 2.12. The van der Waals surface area contributed by atoms with E-state index in [1.165, 1.54) is 23.0 Å². The average molecular weight is 287 g/mol. The van der Waals surface area contributed by atoms with Crippen LogP contribution in [0.25, 0.3) is 0 Å². The van der Waals surface area contributed by atoms with Crippen LogP contribution >= 0.6 is 0 Å². The monoisotopic (exact) mass is 287 g/mol. The maximum Gasteiger partial charge on any atom is 0.258 e. The Morgan fingerprint density at radius 1 is 1.52 bits per heavy atom. The van der Waals surface area contributed by atoms with E-state index in [1.807, 2.05) is 0 Å². The summed E-state index contributed by atoms with van der Waals surface area (Å²) in [5.74, 6) is 4.21. The van der Waals surface area contributed by atoms with Crippen molar-refractivity contribution in [1.29, 1.82) is 0 Å². The Balaban J connectivity index is 2.13. The molecule has 0 radical (unpaired) electrons. The van der Waals surface area contributed by atoms with Gasteiger partial charge in [-0.25, -0.2) is 4.39 Å². The molecule has 0 aliphatic rings. The topological polar surface area (TPSA) is 67.2 Å². The van der Waals surface area contributed by atoms with Crippen molar-refractivity contribution in [1.82, 2.24) is 9.78 Å². The lowest BCUT2D eigenvalue weighted by Gasteiger charge is -2.04. The molecular weight excluding hydrogens is 273 g/mol. The molecule has 0 saturated carbocycles. The number of anilines is 1. The van der Waals surface area contributed by atoms with Crippen LogP contribution < -0.4 is 5.32 Å². The van der Waals surface area contributed by atoms with Crippen molar-refractivity contribution in [3.8, 4) is 11.8 Å². The first-order chi connectivity index (χ1) is 10.1. The van der Waals surface area contributed by atoms with Gasteiger partial charge >= 0.3 is 0 Å². The molecule has 0 saturated heterocycles. The second-order valence-corrected chi connectivity index (χ2v) is 4.33. The van der Waals surface area contributed by atoms with E-state index in [4.69, 9.17) is 5.11 Å². The zero-order valence-corrected chi connectivity index (χ0v) is 11.4. The van der Waals surface area contributed by atoms with Crippen molar-refractivity contribution in [3.05, 3.63) is 47.5 Å². The molecule has 6 heteroatoms. The molecule has 0 aliphatic carbocycles. The van der Waals surface area contributed by atoms with E-state index in [9.17, 15) is 9.18 Å². The smallest absolute Gasteiger partial charge is 0.258 e. The van der Waals surface area contributed by atoms with Crippen molar-refractivity contribution in [2.24, 2.45) is 7.05 Å². The molecule has 1 heterocycles. The van der Waals surface area contributed by atoms with Crippen molar-refractivity contribution >= 4 is 11.6 Å². The first-order valence-electron chi connectivity index (χ1n) is 6.29. The van der Waals surface area contributed by atoms with Crippen LogP contribution in [0.5, 0.6) is 0 Å². The Hall–Kier alpha value is -2.65. The molecular formula is C15H14FN3O2. The zero-order valence-electron chi connectivity index (χ0n) is 11.4. The number of carbonyl (C=O) groups is 1. The molecule has 108 valence electrons. The van der Waals surface area contributed by atoms with Crippen LogP contribution in [0, 0.1) is 17.7 Å². The van der Waals surface area contributed by atoms with Gasteiger partial charge in [0.1, 0.15) is 5.82 Å². The van der Waals surface area contributed by atoms with Gasteiger partial charge in [-0.05, 0) is 18.2 Å². The summed E-state index contributed by atoms with van der Waals surface area (Å²) in [5, 5.41) is 15.1. The quantitative estimate of drug-likeness (QED) is 0.842. The van der Waals surface area contributed by atoms with E-state index in [0.29, 0.717) is 17.7 Å². The number of aromatic nitrogens is 2. The number of halogens is 1. The highest BCUT2D eigenvalue weighted by Crippen LogP contribution is 2.13. The third-order valence-corrected chi connectivity index (χ3v) is 2.65. The minimum atomic E-state index is -0.646. The summed E-state index contributed by atoms with van der Waals surface area (Å²) in [6.07, 6.45) is 3.42. The van der Waals surface area contributed by atoms with E-state index in [1.54, 1.807) is 19.3 Å². The second kappa shape index (κ2) is 6.68. The van der Waals surface area contributed by atoms with Gasteiger partial charge in [-0.1, -0.05) is 11.8 Å². The minimum absolute atomic E-state index is 0.0406. The van der Waals surface area contributed by atoms with Crippen molar-refractivity contribution in [3.63, 3.8) is 0 Å². The van der Waals surface area contributed by atoms with Gasteiger partial charge in [-0.3, -0.25) is 9.48 Å². The molecule has 0 spiro atoms. The van der Waals surface area contributed by atoms with E-state index in [-0.39, 0.29) is 12.2 Å². The van der Waals surface area contributed by atoms with Crippen LogP contribution in [0.4, 0.5) is 10.1 Å². The number of benzene rings is 1. The Morgan fingerprint density at radius 3 is 2.95 bits per heavy atom. The summed E-state index contributed by atoms with van der Waals surface area (Å²) in [7, 11) is 1.72. The number of aliphatic hydroxyl groups is 1. The zero-order chi connectivity index (χ0) is 15.2. The number of aliphatic hydroxyl groups excluding tert-OH is 1. The number of hydrogen-bond acceptors (Lipinski definition) is 3. The molecule has 2 aromatic rings. The first kappa shape index (κ1) is 14.8. The average Bonchev–Trinajstić information content (AvgIpc) is 2.84. The van der Waals surface area contributed by atoms with E-state index in [0.717, 1.165) is 0 Å². The Labute approximate surface area is 121 Å². The number of hydrogen-bond donors (Lipinski definition) is 2. The SMILES string of the molecule is Cn1cc(NC(=O)c2ccc(C#CCCO)cc2F)cn1. The van der Waals surface area contributed by atoms with Crippen LogP contribution in [0.2, 0.25) is 0 Å². The highest BCUT2D eigenvalue weighted by molar-refractivity contribution is 6.04. The van der Waals surface area contributed by atoms with E-state index < -0.39 is 11.7 Å². The van der Waals surface area contributed by atoms with Gasteiger partial charge in [0.05, 0.1) is 24.1 Å². The molecule has 1 aromatic carbocycles. The molecule has 0 bridgehead atoms. The molecule has 0 aliphatic heterocycles. The lowest BCUT2D eigenvalue weighted by molar-refractivity contribution is 0.102. The summed E-state index contributed by atoms with van der Waals surface area (Å²) in [6.45, 7) is -0.0406. The lowest BCUT2D eigenvalue weighted by Crippen LogP contribution is -2.13. The number of amides is 1. The summed E-state index contributed by atoms with van der Waals surface area (Å²) in [4.78, 5) is 12.0. The maximum atomic E-state index is 13.9. The molecule has 0 unspecified atom stereocenters. The molecule has 1 aromatic heterocycles.